The normalized spacial score (nSPS) is 14.6. The van der Waals surface area contributed by atoms with Crippen LogP contribution in [0.3, 0.4) is 0 Å². The predicted octanol–water partition coefficient (Wildman–Crippen LogP) is 13.7. The molecule has 1 N–H and O–H groups in total. The third-order valence-electron chi connectivity index (χ3n) is 19.0. The first-order valence-electron chi connectivity index (χ1n) is 30.1. The summed E-state index contributed by atoms with van der Waals surface area (Å²) in [5, 5.41) is 4.09. The van der Waals surface area contributed by atoms with Gasteiger partial charge in [-0.05, 0) is 181 Å². The van der Waals surface area contributed by atoms with Crippen molar-refractivity contribution in [1.29, 1.82) is 0 Å². The number of rotatable bonds is 3. The SMILES string of the molecule is Cc1cc(C)c(N2c3cc4c(cc3B3c5ccccc5N(c5ccccc5)c5cc(C(C)(C)C)cc2c53)B2c3cc5c(cc3Oc3cc(C(C)(C)C)cc(c32)O4)Nc2cc(C(C)(C)C)cc3c2B5c2ccccc2N3c2ccccc2)c(C)c1. The number of nitrogens with zero attached hydrogens (tertiary/aromatic N) is 3. The van der Waals surface area contributed by atoms with Gasteiger partial charge in [0.1, 0.15) is 23.0 Å². The molecule has 9 heteroatoms. The lowest BCUT2D eigenvalue weighted by Gasteiger charge is -2.46. The minimum Gasteiger partial charge on any atom is -0.458 e. The van der Waals surface area contributed by atoms with Crippen molar-refractivity contribution in [1.82, 2.24) is 0 Å². The van der Waals surface area contributed by atoms with E-state index in [0.29, 0.717) is 0 Å². The van der Waals surface area contributed by atoms with Crippen LogP contribution < -0.4 is 78.7 Å². The van der Waals surface area contributed by atoms with Gasteiger partial charge in [0.25, 0.3) is 20.1 Å². The number of benzene rings is 10. The van der Waals surface area contributed by atoms with Crippen LogP contribution in [0, 0.1) is 20.8 Å². The van der Waals surface area contributed by atoms with Gasteiger partial charge < -0.3 is 29.5 Å². The highest BCUT2D eigenvalue weighted by Crippen LogP contribution is 2.50. The van der Waals surface area contributed by atoms with Crippen molar-refractivity contribution in [2.45, 2.75) is 99.3 Å². The van der Waals surface area contributed by atoms with Gasteiger partial charge in [-0.3, -0.25) is 0 Å². The van der Waals surface area contributed by atoms with Crippen LogP contribution in [0.1, 0.15) is 95.7 Å². The molecule has 0 radical (unpaired) electrons. The maximum Gasteiger partial charge on any atom is 0.260 e. The highest BCUT2D eigenvalue weighted by atomic mass is 16.5. The van der Waals surface area contributed by atoms with Crippen molar-refractivity contribution < 1.29 is 9.47 Å². The molecule has 6 aliphatic rings. The van der Waals surface area contributed by atoms with Crippen LogP contribution >= 0.6 is 0 Å². The molecule has 10 aromatic carbocycles. The molecular weight excluding hydrogens is 1020 g/mol. The van der Waals surface area contributed by atoms with Gasteiger partial charge in [0.15, 0.2) is 0 Å². The molecule has 0 aliphatic carbocycles. The molecule has 408 valence electrons. The van der Waals surface area contributed by atoms with Crippen LogP contribution in [0.15, 0.2) is 182 Å². The van der Waals surface area contributed by atoms with Crippen molar-refractivity contribution in [3.63, 3.8) is 0 Å². The molecule has 0 saturated carbocycles. The molecule has 0 spiro atoms. The topological polar surface area (TPSA) is 40.2 Å². The zero-order chi connectivity index (χ0) is 57.6. The van der Waals surface area contributed by atoms with E-state index in [-0.39, 0.29) is 36.4 Å². The molecular formula is C75H67B3N4O2. The van der Waals surface area contributed by atoms with Gasteiger partial charge in [0.05, 0.1) is 5.69 Å². The second-order valence-electron chi connectivity index (χ2n) is 27.6. The van der Waals surface area contributed by atoms with Crippen molar-refractivity contribution in [3.8, 4) is 23.0 Å². The third kappa shape index (κ3) is 7.39. The van der Waals surface area contributed by atoms with E-state index < -0.39 is 0 Å². The van der Waals surface area contributed by atoms with Gasteiger partial charge >= 0.3 is 0 Å². The number of ether oxygens (including phenoxy) is 2. The highest BCUT2D eigenvalue weighted by molar-refractivity contribution is 7.03. The Labute approximate surface area is 496 Å². The third-order valence-corrected chi connectivity index (χ3v) is 19.0. The molecule has 6 nitrogen and oxygen atoms in total. The summed E-state index contributed by atoms with van der Waals surface area (Å²) in [7, 11) is 0. The molecule has 6 heterocycles. The first-order valence-corrected chi connectivity index (χ1v) is 30.1. The minimum absolute atomic E-state index is 0.0533. The van der Waals surface area contributed by atoms with Gasteiger partial charge in [-0.2, -0.15) is 0 Å². The largest absolute Gasteiger partial charge is 0.458 e. The summed E-state index contributed by atoms with van der Waals surface area (Å²) in [4.78, 5) is 7.62. The van der Waals surface area contributed by atoms with Gasteiger partial charge in [-0.15, -0.1) is 0 Å². The monoisotopic (exact) mass is 1090 g/mol. The smallest absolute Gasteiger partial charge is 0.260 e. The second-order valence-corrected chi connectivity index (χ2v) is 27.6. The van der Waals surface area contributed by atoms with Gasteiger partial charge in [-0.1, -0.05) is 165 Å². The van der Waals surface area contributed by atoms with E-state index in [4.69, 9.17) is 9.47 Å². The lowest BCUT2D eigenvalue weighted by molar-refractivity contribution is 0.458. The summed E-state index contributed by atoms with van der Waals surface area (Å²) in [6, 6.07) is 69.0. The number of hydrogen-bond acceptors (Lipinski definition) is 6. The Morgan fingerprint density at radius 3 is 1.32 bits per heavy atom. The van der Waals surface area contributed by atoms with Crippen molar-refractivity contribution in [2.75, 3.05) is 20.0 Å². The average molecular weight is 1090 g/mol. The Bertz CT molecular complexity index is 4470. The average Bonchev–Trinajstić information content (AvgIpc) is 1.20. The fraction of sp³-hybridized carbons (Fsp3) is 0.200. The lowest BCUT2D eigenvalue weighted by Crippen LogP contribution is -2.65. The minimum atomic E-state index is -0.212. The number of aryl methyl sites for hydroxylation is 3. The number of para-hydroxylation sites is 4. The Morgan fingerprint density at radius 1 is 0.333 bits per heavy atom. The summed E-state index contributed by atoms with van der Waals surface area (Å²) in [6.45, 7) is 27.3. The standard InChI is InChI=1S/C75H67B3N4O2/c1-43-31-44(2)72(45(3)32-43)82-61-42-66-56(40-54(61)77-52-28-20-22-30-60(52)81(50-25-17-14-18-26-50)63-35-47(74(7,8)9)36-64(82)70(63)77)78-55-39-53-57(41-65(55)83-67-37-48(75(10,11)12)38-68(84-66)71(67)78)79-58-33-46(73(4,5)6)34-62-69(58)76(53)51-27-19-21-29-59(51)80(62)49-23-15-13-16-24-49/h13-42,79H,1-12H3. The van der Waals surface area contributed by atoms with E-state index in [1.165, 1.54) is 100 Å². The van der Waals surface area contributed by atoms with E-state index >= 15 is 0 Å². The number of anilines is 11. The molecule has 6 aliphatic heterocycles. The summed E-state index contributed by atoms with van der Waals surface area (Å²) < 4.78 is 14.9. The molecule has 0 aromatic heterocycles. The molecule has 0 amide bonds. The molecule has 0 saturated heterocycles. The zero-order valence-corrected chi connectivity index (χ0v) is 50.2. The molecule has 0 unspecified atom stereocenters. The Morgan fingerprint density at radius 2 is 0.774 bits per heavy atom. The quantitative estimate of drug-likeness (QED) is 0.178. The number of fused-ring (bicyclic) bond motifs is 12. The van der Waals surface area contributed by atoms with Crippen LogP contribution in [0.5, 0.6) is 23.0 Å². The van der Waals surface area contributed by atoms with Crippen LogP contribution in [0.4, 0.5) is 62.6 Å². The predicted molar refractivity (Wildman–Crippen MR) is 358 cm³/mol. The van der Waals surface area contributed by atoms with E-state index in [1.54, 1.807) is 0 Å². The Balaban J connectivity index is 0.974. The van der Waals surface area contributed by atoms with Crippen molar-refractivity contribution >= 4 is 132 Å². The summed E-state index contributed by atoms with van der Waals surface area (Å²) >= 11 is 0. The second kappa shape index (κ2) is 17.6. The van der Waals surface area contributed by atoms with Crippen LogP contribution in [0.2, 0.25) is 0 Å². The first-order chi connectivity index (χ1) is 40.3. The summed E-state index contributed by atoms with van der Waals surface area (Å²) in [5.41, 5.74) is 30.9. The van der Waals surface area contributed by atoms with Crippen LogP contribution in [0.25, 0.3) is 0 Å². The van der Waals surface area contributed by atoms with Gasteiger partial charge in [0.2, 0.25) is 0 Å². The van der Waals surface area contributed by atoms with E-state index in [2.05, 4.69) is 285 Å². The van der Waals surface area contributed by atoms with E-state index in [9.17, 15) is 0 Å². The van der Waals surface area contributed by atoms with E-state index in [1.807, 2.05) is 0 Å². The maximum absolute atomic E-state index is 7.55. The molecule has 0 atom stereocenters. The van der Waals surface area contributed by atoms with Crippen molar-refractivity contribution in [3.05, 3.63) is 215 Å². The Kier molecular flexibility index (Phi) is 10.7. The first kappa shape index (κ1) is 50.9. The number of nitrogens with one attached hydrogen (secondary N) is 1. The number of hydrogen-bond donors (Lipinski definition) is 1. The van der Waals surface area contributed by atoms with E-state index in [0.717, 1.165) is 67.8 Å². The van der Waals surface area contributed by atoms with Crippen LogP contribution in [-0.2, 0) is 16.2 Å². The van der Waals surface area contributed by atoms with Gasteiger partial charge in [0, 0.05) is 74.5 Å². The summed E-state index contributed by atoms with van der Waals surface area (Å²) in [5.74, 6) is 3.44. The molecule has 84 heavy (non-hydrogen) atoms. The molecule has 0 bridgehead atoms. The zero-order valence-electron chi connectivity index (χ0n) is 50.2. The summed E-state index contributed by atoms with van der Waals surface area (Å²) in [6.07, 6.45) is 0. The maximum atomic E-state index is 7.55. The molecule has 10 aromatic rings. The lowest BCUT2D eigenvalue weighted by atomic mass is 9.29. The van der Waals surface area contributed by atoms with Crippen molar-refractivity contribution in [2.24, 2.45) is 0 Å². The van der Waals surface area contributed by atoms with Gasteiger partial charge in [-0.25, -0.2) is 0 Å². The molecule has 16 rings (SSSR count). The fourth-order valence-corrected chi connectivity index (χ4v) is 15.0. The highest BCUT2D eigenvalue weighted by Gasteiger charge is 2.50. The molecule has 0 fully saturated rings. The van der Waals surface area contributed by atoms with Crippen LogP contribution in [-0.4, -0.2) is 20.1 Å². The fourth-order valence-electron chi connectivity index (χ4n) is 15.0. The Hall–Kier alpha value is -8.81.